The Morgan fingerprint density at radius 1 is 1.17 bits per heavy atom. The van der Waals surface area contributed by atoms with E-state index in [0.29, 0.717) is 19.5 Å². The SMILES string of the molecule is Cc1c(-c2ccccc2)sc2ncnc(N3CCNC(=O)CC3)c12. The number of nitrogens with zero attached hydrogens (tertiary/aromatic N) is 3. The average molecular weight is 338 g/mol. The van der Waals surface area contributed by atoms with E-state index in [2.05, 4.69) is 51.4 Å². The topological polar surface area (TPSA) is 58.1 Å². The molecule has 1 aliphatic rings. The van der Waals surface area contributed by atoms with Gasteiger partial charge in [-0.3, -0.25) is 4.79 Å². The van der Waals surface area contributed by atoms with Gasteiger partial charge < -0.3 is 10.2 Å². The molecule has 6 heteroatoms. The number of rotatable bonds is 2. The molecule has 0 radical (unpaired) electrons. The number of fused-ring (bicyclic) bond motifs is 1. The fourth-order valence-corrected chi connectivity index (χ4v) is 4.29. The van der Waals surface area contributed by atoms with Gasteiger partial charge in [-0.15, -0.1) is 11.3 Å². The number of aromatic nitrogens is 2. The lowest BCUT2D eigenvalue weighted by molar-refractivity contribution is -0.120. The number of aryl methyl sites for hydroxylation is 1. The van der Waals surface area contributed by atoms with Crippen LogP contribution in [0.3, 0.4) is 0 Å². The minimum absolute atomic E-state index is 0.106. The maximum absolute atomic E-state index is 11.6. The van der Waals surface area contributed by atoms with Crippen molar-refractivity contribution in [2.45, 2.75) is 13.3 Å². The van der Waals surface area contributed by atoms with Crippen molar-refractivity contribution in [2.24, 2.45) is 0 Å². The Kier molecular flexibility index (Phi) is 3.90. The maximum Gasteiger partial charge on any atom is 0.221 e. The third-order valence-corrected chi connectivity index (χ3v) is 5.60. The first-order valence-corrected chi connectivity index (χ1v) is 8.87. The second kappa shape index (κ2) is 6.20. The van der Waals surface area contributed by atoms with Crippen molar-refractivity contribution < 1.29 is 4.79 Å². The number of hydrogen-bond acceptors (Lipinski definition) is 5. The summed E-state index contributed by atoms with van der Waals surface area (Å²) in [6, 6.07) is 10.4. The molecule has 0 aliphatic carbocycles. The number of amides is 1. The Bertz CT molecular complexity index is 891. The Labute approximate surface area is 144 Å². The van der Waals surface area contributed by atoms with Crippen LogP contribution in [0.2, 0.25) is 0 Å². The average Bonchev–Trinajstić information content (AvgIpc) is 2.80. The molecule has 3 aromatic rings. The molecule has 1 amide bonds. The van der Waals surface area contributed by atoms with E-state index < -0.39 is 0 Å². The summed E-state index contributed by atoms with van der Waals surface area (Å²) >= 11 is 1.70. The second-order valence-corrected chi connectivity index (χ2v) is 6.89. The molecule has 5 nitrogen and oxygen atoms in total. The van der Waals surface area contributed by atoms with E-state index in [9.17, 15) is 4.79 Å². The van der Waals surface area contributed by atoms with E-state index in [4.69, 9.17) is 0 Å². The predicted molar refractivity (Wildman–Crippen MR) is 97.4 cm³/mol. The summed E-state index contributed by atoms with van der Waals surface area (Å²) in [5.41, 5.74) is 2.41. The van der Waals surface area contributed by atoms with Gasteiger partial charge in [-0.05, 0) is 18.1 Å². The summed E-state index contributed by atoms with van der Waals surface area (Å²) in [5, 5.41) is 4.02. The standard InChI is InChI=1S/C18H18N4OS/c1-12-15-17(22-9-7-14(23)19-8-10-22)20-11-21-18(15)24-16(12)13-5-3-2-4-6-13/h2-6,11H,7-10H2,1H3,(H,19,23). The summed E-state index contributed by atoms with van der Waals surface area (Å²) in [6.45, 7) is 4.25. The third-order valence-electron chi connectivity index (χ3n) is 4.35. The van der Waals surface area contributed by atoms with Gasteiger partial charge in [-0.2, -0.15) is 0 Å². The fourth-order valence-electron chi connectivity index (χ4n) is 3.14. The van der Waals surface area contributed by atoms with Gasteiger partial charge in [0.15, 0.2) is 0 Å². The molecule has 122 valence electrons. The van der Waals surface area contributed by atoms with E-state index >= 15 is 0 Å². The van der Waals surface area contributed by atoms with Crippen LogP contribution in [-0.2, 0) is 4.79 Å². The summed E-state index contributed by atoms with van der Waals surface area (Å²) in [5.74, 6) is 1.04. The number of benzene rings is 1. The molecule has 3 heterocycles. The maximum atomic E-state index is 11.6. The number of thiophene rings is 1. The van der Waals surface area contributed by atoms with Crippen LogP contribution >= 0.6 is 11.3 Å². The van der Waals surface area contributed by atoms with Gasteiger partial charge in [0.05, 0.1) is 5.39 Å². The van der Waals surface area contributed by atoms with Gasteiger partial charge >= 0.3 is 0 Å². The van der Waals surface area contributed by atoms with Crippen molar-refractivity contribution >= 4 is 33.3 Å². The van der Waals surface area contributed by atoms with E-state index in [0.717, 1.165) is 22.6 Å². The van der Waals surface area contributed by atoms with Crippen molar-refractivity contribution in [2.75, 3.05) is 24.5 Å². The van der Waals surface area contributed by atoms with Crippen molar-refractivity contribution in [3.05, 3.63) is 42.2 Å². The van der Waals surface area contributed by atoms with Crippen LogP contribution in [0, 0.1) is 6.92 Å². The van der Waals surface area contributed by atoms with Gasteiger partial charge in [-0.1, -0.05) is 30.3 Å². The van der Waals surface area contributed by atoms with Gasteiger partial charge in [0.1, 0.15) is 17.0 Å². The molecule has 1 fully saturated rings. The minimum atomic E-state index is 0.106. The van der Waals surface area contributed by atoms with Crippen LogP contribution in [0.5, 0.6) is 0 Å². The third kappa shape index (κ3) is 2.63. The molecule has 1 aliphatic heterocycles. The van der Waals surface area contributed by atoms with Crippen LogP contribution in [0.4, 0.5) is 5.82 Å². The summed E-state index contributed by atoms with van der Waals surface area (Å²) < 4.78 is 0. The molecule has 0 spiro atoms. The lowest BCUT2D eigenvalue weighted by Gasteiger charge is -2.21. The number of anilines is 1. The minimum Gasteiger partial charge on any atom is -0.354 e. The molecule has 0 saturated carbocycles. The summed E-state index contributed by atoms with van der Waals surface area (Å²) in [6.07, 6.45) is 2.13. The highest BCUT2D eigenvalue weighted by Gasteiger charge is 2.21. The fraction of sp³-hybridized carbons (Fsp3) is 0.278. The highest BCUT2D eigenvalue weighted by molar-refractivity contribution is 7.22. The number of carbonyl (C=O) groups is 1. The summed E-state index contributed by atoms with van der Waals surface area (Å²) in [7, 11) is 0. The zero-order valence-electron chi connectivity index (χ0n) is 13.5. The van der Waals surface area contributed by atoms with Crippen LogP contribution < -0.4 is 10.2 Å². The van der Waals surface area contributed by atoms with E-state index in [1.54, 1.807) is 17.7 Å². The lowest BCUT2D eigenvalue weighted by atomic mass is 10.1. The molecule has 2 aromatic heterocycles. The first kappa shape index (κ1) is 15.1. The Morgan fingerprint density at radius 3 is 2.83 bits per heavy atom. The molecule has 1 saturated heterocycles. The van der Waals surface area contributed by atoms with Crippen molar-refractivity contribution in [3.8, 4) is 10.4 Å². The van der Waals surface area contributed by atoms with Crippen molar-refractivity contribution in [1.29, 1.82) is 0 Å². The Hall–Kier alpha value is -2.47. The Morgan fingerprint density at radius 2 is 2.00 bits per heavy atom. The lowest BCUT2D eigenvalue weighted by Crippen LogP contribution is -2.29. The molecular formula is C18H18N4OS. The van der Waals surface area contributed by atoms with E-state index in [1.807, 2.05) is 6.07 Å². The monoisotopic (exact) mass is 338 g/mol. The normalized spacial score (nSPS) is 15.4. The number of nitrogens with one attached hydrogen (secondary N) is 1. The number of hydrogen-bond donors (Lipinski definition) is 1. The van der Waals surface area contributed by atoms with Gasteiger partial charge in [0.25, 0.3) is 0 Å². The van der Waals surface area contributed by atoms with Crippen molar-refractivity contribution in [3.63, 3.8) is 0 Å². The Balaban J connectivity index is 1.82. The zero-order chi connectivity index (χ0) is 16.5. The van der Waals surface area contributed by atoms with E-state index in [1.165, 1.54) is 16.0 Å². The smallest absolute Gasteiger partial charge is 0.221 e. The molecular weight excluding hydrogens is 320 g/mol. The molecule has 0 bridgehead atoms. The molecule has 0 atom stereocenters. The molecule has 0 unspecified atom stereocenters. The van der Waals surface area contributed by atoms with Gasteiger partial charge in [0, 0.05) is 30.9 Å². The van der Waals surface area contributed by atoms with Gasteiger partial charge in [0.2, 0.25) is 5.91 Å². The summed E-state index contributed by atoms with van der Waals surface area (Å²) in [4.78, 5) is 25.1. The first-order valence-electron chi connectivity index (χ1n) is 8.05. The van der Waals surface area contributed by atoms with Crippen molar-refractivity contribution in [1.82, 2.24) is 15.3 Å². The second-order valence-electron chi connectivity index (χ2n) is 5.89. The molecule has 24 heavy (non-hydrogen) atoms. The van der Waals surface area contributed by atoms with E-state index in [-0.39, 0.29) is 5.91 Å². The van der Waals surface area contributed by atoms with Crippen LogP contribution in [0.1, 0.15) is 12.0 Å². The van der Waals surface area contributed by atoms with Gasteiger partial charge in [-0.25, -0.2) is 9.97 Å². The number of carbonyl (C=O) groups excluding carboxylic acids is 1. The van der Waals surface area contributed by atoms with Crippen LogP contribution in [-0.4, -0.2) is 35.5 Å². The predicted octanol–water partition coefficient (Wildman–Crippen LogP) is 2.99. The molecule has 1 aromatic carbocycles. The molecule has 1 N–H and O–H groups in total. The quantitative estimate of drug-likeness (QED) is 0.780. The highest BCUT2D eigenvalue weighted by Crippen LogP contribution is 2.40. The largest absolute Gasteiger partial charge is 0.354 e. The first-order chi connectivity index (χ1) is 11.7. The highest BCUT2D eigenvalue weighted by atomic mass is 32.1. The molecule has 4 rings (SSSR count). The van der Waals surface area contributed by atoms with Crippen LogP contribution in [0.25, 0.3) is 20.7 Å². The van der Waals surface area contributed by atoms with Crippen LogP contribution in [0.15, 0.2) is 36.7 Å². The zero-order valence-corrected chi connectivity index (χ0v) is 14.3.